The number of imidazole rings is 1. The summed E-state index contributed by atoms with van der Waals surface area (Å²) < 4.78 is 3.18. The summed E-state index contributed by atoms with van der Waals surface area (Å²) in [5.41, 5.74) is 1.83. The summed E-state index contributed by atoms with van der Waals surface area (Å²) in [5.74, 6) is -0.0266. The number of thiazole rings is 2. The summed E-state index contributed by atoms with van der Waals surface area (Å²) >= 11 is 4.73. The molecule has 6 nitrogen and oxygen atoms in total. The molecule has 0 saturated carbocycles. The minimum absolute atomic E-state index is 0.270. The number of fused-ring (bicyclic) bond motifs is 3. The van der Waals surface area contributed by atoms with Gasteiger partial charge in [0.05, 0.1) is 20.4 Å². The Bertz CT molecular complexity index is 972. The van der Waals surface area contributed by atoms with Crippen LogP contribution in [0.1, 0.15) is 10.6 Å². The lowest BCUT2D eigenvalue weighted by atomic mass is 10.3. The molecule has 22 heavy (non-hydrogen) atoms. The van der Waals surface area contributed by atoms with Crippen molar-refractivity contribution in [2.45, 2.75) is 4.34 Å². The molecular weight excluding hydrogens is 338 g/mol. The van der Waals surface area contributed by atoms with E-state index in [-0.39, 0.29) is 11.7 Å². The minimum Gasteiger partial charge on any atom is -0.341 e. The molecule has 0 aliphatic heterocycles. The lowest BCUT2D eigenvalue weighted by Crippen LogP contribution is -2.13. The lowest BCUT2D eigenvalue weighted by Gasteiger charge is -1.96. The van der Waals surface area contributed by atoms with E-state index in [9.17, 15) is 4.79 Å². The minimum atomic E-state index is -0.297. The third-order valence-corrected chi connectivity index (χ3v) is 6.21. The molecule has 0 aliphatic rings. The third kappa shape index (κ3) is 2.27. The Balaban J connectivity index is 1.75. The van der Waals surface area contributed by atoms with Gasteiger partial charge in [-0.05, 0) is 18.4 Å². The Morgan fingerprint density at radius 1 is 1.23 bits per heavy atom. The zero-order chi connectivity index (χ0) is 15.1. The molecule has 0 aliphatic carbocycles. The molecule has 0 fully saturated rings. The van der Waals surface area contributed by atoms with Gasteiger partial charge in [-0.2, -0.15) is 0 Å². The van der Waals surface area contributed by atoms with Gasteiger partial charge in [0, 0.05) is 12.4 Å². The van der Waals surface area contributed by atoms with Crippen LogP contribution in [0.3, 0.4) is 0 Å². The van der Waals surface area contributed by atoms with Crippen molar-refractivity contribution in [3.63, 3.8) is 0 Å². The fourth-order valence-electron chi connectivity index (χ4n) is 2.04. The molecule has 0 spiro atoms. The number of hydrogen-bond acceptors (Lipinski definition) is 7. The molecule has 110 valence electrons. The number of carbonyl (C=O) groups excluding carboxylic acids is 1. The van der Waals surface area contributed by atoms with E-state index in [1.165, 1.54) is 17.5 Å². The van der Waals surface area contributed by atoms with E-state index in [1.807, 2.05) is 18.4 Å². The predicted octanol–water partition coefficient (Wildman–Crippen LogP) is 3.60. The number of amides is 1. The largest absolute Gasteiger partial charge is 0.341 e. The van der Waals surface area contributed by atoms with Crippen LogP contribution >= 0.6 is 34.4 Å². The molecule has 3 heterocycles. The zero-order valence-corrected chi connectivity index (χ0v) is 13.7. The van der Waals surface area contributed by atoms with Crippen molar-refractivity contribution in [1.82, 2.24) is 19.9 Å². The summed E-state index contributed by atoms with van der Waals surface area (Å²) in [6, 6.07) is 3.90. The topological polar surface area (TPSA) is 83.6 Å². The number of anilines is 1. The van der Waals surface area contributed by atoms with Gasteiger partial charge in [0.1, 0.15) is 0 Å². The summed E-state index contributed by atoms with van der Waals surface area (Å²) in [7, 11) is 0. The number of nitrogens with one attached hydrogen (secondary N) is 2. The fourth-order valence-corrected chi connectivity index (χ4v) is 4.69. The first-order chi connectivity index (χ1) is 10.7. The van der Waals surface area contributed by atoms with E-state index in [4.69, 9.17) is 0 Å². The van der Waals surface area contributed by atoms with Crippen molar-refractivity contribution in [1.29, 1.82) is 0 Å². The fraction of sp³-hybridized carbons (Fsp3) is 0.0769. The van der Waals surface area contributed by atoms with Gasteiger partial charge in [-0.25, -0.2) is 15.0 Å². The molecule has 9 heteroatoms. The number of H-pyrrole nitrogens is 1. The van der Waals surface area contributed by atoms with Crippen molar-refractivity contribution in [2.75, 3.05) is 11.6 Å². The number of aromatic nitrogens is 4. The molecule has 0 saturated heterocycles. The SMILES string of the molecule is CSc1nc2ccc3nc(NC(=O)c4ncc[nH]4)sc3c2s1. The van der Waals surface area contributed by atoms with Gasteiger partial charge in [-0.3, -0.25) is 10.1 Å². The molecule has 0 unspecified atom stereocenters. The highest BCUT2D eigenvalue weighted by atomic mass is 32.2. The van der Waals surface area contributed by atoms with Crippen LogP contribution in [0.25, 0.3) is 20.4 Å². The first-order valence-corrected chi connectivity index (χ1v) is 9.15. The van der Waals surface area contributed by atoms with Crippen LogP contribution in [-0.4, -0.2) is 32.1 Å². The quantitative estimate of drug-likeness (QED) is 0.553. The second-order valence-electron chi connectivity index (χ2n) is 4.36. The van der Waals surface area contributed by atoms with Gasteiger partial charge in [0.15, 0.2) is 15.3 Å². The average Bonchev–Trinajstić information content (AvgIpc) is 3.24. The first-order valence-electron chi connectivity index (χ1n) is 6.29. The van der Waals surface area contributed by atoms with E-state index in [1.54, 1.807) is 29.3 Å². The Kier molecular flexibility index (Phi) is 3.32. The van der Waals surface area contributed by atoms with Crippen LogP contribution in [0.15, 0.2) is 28.9 Å². The number of benzene rings is 1. The third-order valence-electron chi connectivity index (χ3n) is 3.00. The Hall–Kier alpha value is -1.97. The van der Waals surface area contributed by atoms with E-state index >= 15 is 0 Å². The van der Waals surface area contributed by atoms with Gasteiger partial charge in [0.2, 0.25) is 0 Å². The number of rotatable bonds is 3. The molecular formula is C13H9N5OS3. The summed E-state index contributed by atoms with van der Waals surface area (Å²) in [5, 5.41) is 3.33. The van der Waals surface area contributed by atoms with Crippen molar-refractivity contribution >= 4 is 65.9 Å². The summed E-state index contributed by atoms with van der Waals surface area (Å²) in [6.45, 7) is 0. The molecule has 0 atom stereocenters. The summed E-state index contributed by atoms with van der Waals surface area (Å²) in [6.07, 6.45) is 5.16. The molecule has 1 amide bonds. The highest BCUT2D eigenvalue weighted by molar-refractivity contribution is 8.00. The lowest BCUT2D eigenvalue weighted by molar-refractivity contribution is 0.101. The van der Waals surface area contributed by atoms with Gasteiger partial charge >= 0.3 is 0 Å². The zero-order valence-electron chi connectivity index (χ0n) is 11.3. The van der Waals surface area contributed by atoms with Crippen molar-refractivity contribution < 1.29 is 4.79 Å². The number of carbonyl (C=O) groups is 1. The van der Waals surface area contributed by atoms with Gasteiger partial charge in [-0.1, -0.05) is 23.1 Å². The van der Waals surface area contributed by atoms with Crippen LogP contribution in [0.4, 0.5) is 5.13 Å². The monoisotopic (exact) mass is 347 g/mol. The van der Waals surface area contributed by atoms with Crippen molar-refractivity contribution in [2.24, 2.45) is 0 Å². The molecule has 1 aromatic carbocycles. The maximum atomic E-state index is 12.0. The number of thioether (sulfide) groups is 1. The molecule has 4 aromatic rings. The normalized spacial score (nSPS) is 11.3. The second-order valence-corrected chi connectivity index (χ2v) is 7.41. The van der Waals surface area contributed by atoms with E-state index in [0.29, 0.717) is 5.13 Å². The summed E-state index contributed by atoms with van der Waals surface area (Å²) in [4.78, 5) is 27.7. The number of hydrogen-bond donors (Lipinski definition) is 2. The van der Waals surface area contributed by atoms with Crippen LogP contribution in [0, 0.1) is 0 Å². The number of nitrogens with zero attached hydrogens (tertiary/aromatic N) is 3. The Morgan fingerprint density at radius 3 is 2.73 bits per heavy atom. The van der Waals surface area contributed by atoms with E-state index in [2.05, 4.69) is 25.3 Å². The maximum Gasteiger partial charge on any atom is 0.293 e. The predicted molar refractivity (Wildman–Crippen MR) is 91.1 cm³/mol. The van der Waals surface area contributed by atoms with Gasteiger partial charge < -0.3 is 4.98 Å². The molecule has 3 aromatic heterocycles. The van der Waals surface area contributed by atoms with Crippen molar-refractivity contribution in [3.05, 3.63) is 30.4 Å². The molecule has 0 bridgehead atoms. The van der Waals surface area contributed by atoms with Crippen LogP contribution < -0.4 is 5.32 Å². The highest BCUT2D eigenvalue weighted by Crippen LogP contribution is 2.37. The van der Waals surface area contributed by atoms with Crippen LogP contribution in [-0.2, 0) is 0 Å². The van der Waals surface area contributed by atoms with Gasteiger partial charge in [-0.15, -0.1) is 11.3 Å². The highest BCUT2D eigenvalue weighted by Gasteiger charge is 2.14. The maximum absolute atomic E-state index is 12.0. The number of aromatic amines is 1. The first kappa shape index (κ1) is 13.7. The second kappa shape index (κ2) is 5.34. The van der Waals surface area contributed by atoms with E-state index in [0.717, 1.165) is 24.8 Å². The molecule has 2 N–H and O–H groups in total. The van der Waals surface area contributed by atoms with Crippen molar-refractivity contribution in [3.8, 4) is 0 Å². The van der Waals surface area contributed by atoms with Crippen LogP contribution in [0.2, 0.25) is 0 Å². The Labute approximate surface area is 137 Å². The molecule has 0 radical (unpaired) electrons. The Morgan fingerprint density at radius 2 is 2.00 bits per heavy atom. The smallest absolute Gasteiger partial charge is 0.293 e. The standard InChI is InChI=1S/C13H9N5OS3/c1-20-13-17-7-3-2-6-8(9(7)22-13)21-12(16-6)18-11(19)10-14-4-5-15-10/h2-5H,1H3,(H,14,15)(H,16,18,19). The average molecular weight is 347 g/mol. The van der Waals surface area contributed by atoms with Gasteiger partial charge in [0.25, 0.3) is 5.91 Å². The molecule has 4 rings (SSSR count). The van der Waals surface area contributed by atoms with E-state index < -0.39 is 0 Å². The van der Waals surface area contributed by atoms with Crippen LogP contribution in [0.5, 0.6) is 0 Å².